The molecule has 0 saturated carbocycles. The minimum atomic E-state index is -0.815. The minimum Gasteiger partial charge on any atom is -0.489 e. The lowest BCUT2D eigenvalue weighted by atomic mass is 10.0. The van der Waals surface area contributed by atoms with Crippen LogP contribution in [0.3, 0.4) is 0 Å². The number of hydrogen-bond acceptors (Lipinski definition) is 4. The molecule has 0 heterocycles. The Labute approximate surface area is 239 Å². The lowest BCUT2D eigenvalue weighted by molar-refractivity contribution is -0.119. The number of hydrogen-bond donors (Lipinski definition) is 2. The summed E-state index contributed by atoms with van der Waals surface area (Å²) in [6.07, 6.45) is 0.305. The average Bonchev–Trinajstić information content (AvgIpc) is 3.03. The summed E-state index contributed by atoms with van der Waals surface area (Å²) in [6, 6.07) is 38.5. The summed E-state index contributed by atoms with van der Waals surface area (Å²) >= 11 is 0. The molecule has 0 radical (unpaired) electrons. The molecule has 204 valence electrons. The molecule has 2 amide bonds. The van der Waals surface area contributed by atoms with Crippen molar-refractivity contribution in [3.05, 3.63) is 150 Å². The van der Waals surface area contributed by atoms with Crippen LogP contribution in [0.1, 0.15) is 31.8 Å². The number of ketones is 1. The third-order valence-electron chi connectivity index (χ3n) is 6.77. The van der Waals surface area contributed by atoms with Crippen molar-refractivity contribution in [3.63, 3.8) is 0 Å². The molecule has 0 fully saturated rings. The predicted molar refractivity (Wildman–Crippen MR) is 160 cm³/mol. The molecule has 41 heavy (non-hydrogen) atoms. The van der Waals surface area contributed by atoms with E-state index in [2.05, 4.69) is 34.9 Å². The molecule has 5 aromatic carbocycles. The van der Waals surface area contributed by atoms with E-state index >= 15 is 0 Å². The van der Waals surface area contributed by atoms with Crippen molar-refractivity contribution in [2.75, 3.05) is 6.54 Å². The number of fused-ring (bicyclic) bond motifs is 1. The van der Waals surface area contributed by atoms with Gasteiger partial charge in [0.05, 0.1) is 12.6 Å². The third-order valence-corrected chi connectivity index (χ3v) is 6.77. The zero-order chi connectivity index (χ0) is 28.4. The maximum absolute atomic E-state index is 13.2. The predicted octanol–water partition coefficient (Wildman–Crippen LogP) is 5.76. The maximum atomic E-state index is 13.2. The summed E-state index contributed by atoms with van der Waals surface area (Å²) in [5.74, 6) is -0.380. The summed E-state index contributed by atoms with van der Waals surface area (Å²) in [7, 11) is 0. The number of rotatable bonds is 11. The van der Waals surface area contributed by atoms with Crippen molar-refractivity contribution in [2.45, 2.75) is 19.1 Å². The average molecular weight is 543 g/mol. The van der Waals surface area contributed by atoms with E-state index in [1.165, 1.54) is 5.39 Å². The number of ether oxygens (including phenoxy) is 1. The van der Waals surface area contributed by atoms with Crippen molar-refractivity contribution >= 4 is 28.4 Å². The first kappa shape index (κ1) is 27.3. The Balaban J connectivity index is 1.21. The van der Waals surface area contributed by atoms with Crippen LogP contribution in [0.5, 0.6) is 5.75 Å². The largest absolute Gasteiger partial charge is 0.489 e. The van der Waals surface area contributed by atoms with Crippen LogP contribution in [0.15, 0.2) is 127 Å². The van der Waals surface area contributed by atoms with Crippen molar-refractivity contribution in [2.24, 2.45) is 0 Å². The van der Waals surface area contributed by atoms with Crippen LogP contribution in [0.25, 0.3) is 10.8 Å². The summed E-state index contributed by atoms with van der Waals surface area (Å²) in [4.78, 5) is 38.7. The van der Waals surface area contributed by atoms with Gasteiger partial charge in [-0.05, 0) is 70.8 Å². The molecule has 2 N–H and O–H groups in total. The van der Waals surface area contributed by atoms with E-state index < -0.39 is 6.04 Å². The Morgan fingerprint density at radius 2 is 1.24 bits per heavy atom. The topological polar surface area (TPSA) is 84.5 Å². The van der Waals surface area contributed by atoms with Gasteiger partial charge in [0.25, 0.3) is 11.8 Å². The molecule has 0 bridgehead atoms. The highest BCUT2D eigenvalue weighted by Gasteiger charge is 2.22. The van der Waals surface area contributed by atoms with Crippen LogP contribution >= 0.6 is 0 Å². The van der Waals surface area contributed by atoms with Crippen molar-refractivity contribution in [3.8, 4) is 5.75 Å². The Hall–Kier alpha value is -5.23. The van der Waals surface area contributed by atoms with E-state index in [1.807, 2.05) is 54.6 Å². The molecule has 0 aromatic heterocycles. The first-order valence-corrected chi connectivity index (χ1v) is 13.5. The highest BCUT2D eigenvalue weighted by atomic mass is 16.5. The Kier molecular flexibility index (Phi) is 8.81. The van der Waals surface area contributed by atoms with Gasteiger partial charge in [-0.1, -0.05) is 84.9 Å². The van der Waals surface area contributed by atoms with Crippen LogP contribution in [0.2, 0.25) is 0 Å². The van der Waals surface area contributed by atoms with Gasteiger partial charge >= 0.3 is 0 Å². The molecule has 0 aliphatic rings. The molecule has 5 rings (SSSR count). The van der Waals surface area contributed by atoms with Gasteiger partial charge in [0.2, 0.25) is 0 Å². The monoisotopic (exact) mass is 542 g/mol. The van der Waals surface area contributed by atoms with Gasteiger partial charge in [-0.25, -0.2) is 0 Å². The second-order valence-electron chi connectivity index (χ2n) is 9.73. The Morgan fingerprint density at radius 1 is 0.610 bits per heavy atom. The van der Waals surface area contributed by atoms with Crippen LogP contribution in [0.4, 0.5) is 0 Å². The zero-order valence-corrected chi connectivity index (χ0v) is 22.5. The molecular weight excluding hydrogens is 512 g/mol. The van der Waals surface area contributed by atoms with Crippen molar-refractivity contribution in [1.29, 1.82) is 0 Å². The molecule has 5 aromatic rings. The first-order valence-electron chi connectivity index (χ1n) is 13.5. The SMILES string of the molecule is O=C(NCC(=O)[C@H](Cc1ccccc1)NC(=O)c1ccc(OCc2ccc3ccccc3c2)cc1)c1ccccc1. The fourth-order valence-corrected chi connectivity index (χ4v) is 4.52. The van der Waals surface area contributed by atoms with E-state index in [-0.39, 0.29) is 24.1 Å². The quantitative estimate of drug-likeness (QED) is 0.222. The fourth-order valence-electron chi connectivity index (χ4n) is 4.52. The zero-order valence-electron chi connectivity index (χ0n) is 22.5. The first-order chi connectivity index (χ1) is 20.0. The van der Waals surface area contributed by atoms with Gasteiger partial charge in [-0.15, -0.1) is 0 Å². The molecule has 0 unspecified atom stereocenters. The Morgan fingerprint density at radius 3 is 1.98 bits per heavy atom. The molecular formula is C35H30N2O4. The molecule has 0 spiro atoms. The number of benzene rings is 5. The highest BCUT2D eigenvalue weighted by Crippen LogP contribution is 2.19. The van der Waals surface area contributed by atoms with E-state index in [1.54, 1.807) is 48.5 Å². The fraction of sp³-hybridized carbons (Fsp3) is 0.114. The summed E-state index contributed by atoms with van der Waals surface area (Å²) in [5.41, 5.74) is 2.82. The number of nitrogens with one attached hydrogen (secondary N) is 2. The standard InChI is InChI=1S/C35H30N2O4/c38-33(23-36-34(39)28-12-5-2-6-13-28)32(22-25-9-3-1-4-10-25)37-35(40)29-17-19-31(20-18-29)41-24-26-15-16-27-11-7-8-14-30(27)21-26/h1-21,32H,22-24H2,(H,36,39)(H,37,40)/t32-/m0/s1. The van der Waals surface area contributed by atoms with E-state index in [0.717, 1.165) is 16.5 Å². The van der Waals surface area contributed by atoms with Gasteiger partial charge in [0.1, 0.15) is 12.4 Å². The van der Waals surface area contributed by atoms with Gasteiger partial charge < -0.3 is 15.4 Å². The normalized spacial score (nSPS) is 11.4. The second-order valence-corrected chi connectivity index (χ2v) is 9.73. The minimum absolute atomic E-state index is 0.201. The van der Waals surface area contributed by atoms with Crippen LogP contribution in [-0.4, -0.2) is 30.2 Å². The summed E-state index contributed by atoms with van der Waals surface area (Å²) < 4.78 is 5.94. The smallest absolute Gasteiger partial charge is 0.251 e. The van der Waals surface area contributed by atoms with E-state index in [4.69, 9.17) is 4.74 Å². The molecule has 0 aliphatic carbocycles. The lowest BCUT2D eigenvalue weighted by Crippen LogP contribution is -2.46. The summed E-state index contributed by atoms with van der Waals surface area (Å²) in [6.45, 7) is 0.200. The van der Waals surface area contributed by atoms with Crippen molar-refractivity contribution in [1.82, 2.24) is 10.6 Å². The summed E-state index contributed by atoms with van der Waals surface area (Å²) in [5, 5.41) is 7.85. The maximum Gasteiger partial charge on any atom is 0.251 e. The highest BCUT2D eigenvalue weighted by molar-refractivity contribution is 6.00. The van der Waals surface area contributed by atoms with E-state index in [0.29, 0.717) is 29.9 Å². The van der Waals surface area contributed by atoms with Gasteiger partial charge in [-0.3, -0.25) is 14.4 Å². The van der Waals surface area contributed by atoms with Crippen LogP contribution in [-0.2, 0) is 17.8 Å². The molecule has 6 heteroatoms. The van der Waals surface area contributed by atoms with Crippen molar-refractivity contribution < 1.29 is 19.1 Å². The van der Waals surface area contributed by atoms with E-state index in [9.17, 15) is 14.4 Å². The second kappa shape index (κ2) is 13.2. The number of carbonyl (C=O) groups excluding carboxylic acids is 3. The molecule has 0 saturated heterocycles. The number of amides is 2. The Bertz CT molecular complexity index is 1630. The lowest BCUT2D eigenvalue weighted by Gasteiger charge is -2.18. The van der Waals surface area contributed by atoms with Gasteiger partial charge in [-0.2, -0.15) is 0 Å². The number of carbonyl (C=O) groups is 3. The van der Waals surface area contributed by atoms with Gasteiger partial charge in [0, 0.05) is 11.1 Å². The van der Waals surface area contributed by atoms with Gasteiger partial charge in [0.15, 0.2) is 5.78 Å². The van der Waals surface area contributed by atoms with Crippen LogP contribution < -0.4 is 15.4 Å². The number of Topliss-reactive ketones (excluding diaryl/α,β-unsaturated/α-hetero) is 1. The third kappa shape index (κ3) is 7.46. The molecule has 6 nitrogen and oxygen atoms in total. The van der Waals surface area contributed by atoms with Crippen LogP contribution in [0, 0.1) is 0 Å². The molecule has 1 atom stereocenters. The molecule has 0 aliphatic heterocycles.